The van der Waals surface area contributed by atoms with E-state index in [0.717, 1.165) is 31.2 Å². The van der Waals surface area contributed by atoms with Crippen LogP contribution in [0.4, 0.5) is 18.9 Å². The largest absolute Gasteiger partial charge is 0.490 e. The Labute approximate surface area is 275 Å². The third-order valence-electron chi connectivity index (χ3n) is 11.4. The number of carbonyl (C=O) groups excluding carboxylic acids is 1. The molecule has 1 spiro atoms. The number of nitrogens with one attached hydrogen (secondary N) is 1. The van der Waals surface area contributed by atoms with Crippen molar-refractivity contribution in [2.24, 2.45) is 23.7 Å². The van der Waals surface area contributed by atoms with Crippen LogP contribution in [0, 0.1) is 23.7 Å². The number of halogens is 4. The molecule has 2 aromatic carbocycles. The Morgan fingerprint density at radius 1 is 1.13 bits per heavy atom. The van der Waals surface area contributed by atoms with Crippen LogP contribution >= 0.6 is 11.6 Å². The fourth-order valence-electron chi connectivity index (χ4n) is 8.37. The number of alkyl halides is 3. The highest BCUT2D eigenvalue weighted by molar-refractivity contribution is 7.99. The van der Waals surface area contributed by atoms with Gasteiger partial charge >= 0.3 is 6.18 Å². The first-order chi connectivity index (χ1) is 21.7. The predicted octanol–water partition coefficient (Wildman–Crippen LogP) is 6.95. The number of ether oxygens (including phenoxy) is 1. The number of nitrogens with zero attached hydrogens (tertiary/aromatic N) is 1. The van der Waals surface area contributed by atoms with Crippen molar-refractivity contribution in [3.05, 3.63) is 58.1 Å². The molecule has 0 saturated heterocycles. The molecule has 2 bridgehead atoms. The van der Waals surface area contributed by atoms with Gasteiger partial charge in [0.2, 0.25) is 0 Å². The summed E-state index contributed by atoms with van der Waals surface area (Å²) in [6, 6.07) is 11.1. The summed E-state index contributed by atoms with van der Waals surface area (Å²) in [6.07, 6.45) is -1.87. The highest BCUT2D eigenvalue weighted by Crippen LogP contribution is 2.49. The van der Waals surface area contributed by atoms with Crippen LogP contribution < -0.4 is 14.4 Å². The lowest BCUT2D eigenvalue weighted by molar-refractivity contribution is -0.231. The number of hydrogen-bond donors (Lipinski definition) is 2. The number of hydrogen-bond acceptors (Lipinski definition) is 5. The summed E-state index contributed by atoms with van der Waals surface area (Å²) in [5.74, 6) is 2.52. The molecule has 2 N–H and O–H groups in total. The van der Waals surface area contributed by atoms with Crippen LogP contribution in [-0.2, 0) is 21.5 Å². The first-order valence-electron chi connectivity index (χ1n) is 16.4. The van der Waals surface area contributed by atoms with E-state index in [9.17, 15) is 27.3 Å². The Morgan fingerprint density at radius 2 is 1.91 bits per heavy atom. The molecule has 2 aromatic rings. The summed E-state index contributed by atoms with van der Waals surface area (Å²) in [4.78, 5) is 15.7. The maximum atomic E-state index is 14.1. The number of amides is 1. The predicted molar refractivity (Wildman–Crippen MR) is 177 cm³/mol. The van der Waals surface area contributed by atoms with Crippen LogP contribution in [0.3, 0.4) is 0 Å². The van der Waals surface area contributed by atoms with Crippen molar-refractivity contribution in [1.82, 2.24) is 4.72 Å². The van der Waals surface area contributed by atoms with Crippen LogP contribution in [-0.4, -0.2) is 58.3 Å². The molecule has 2 aliphatic heterocycles. The van der Waals surface area contributed by atoms with Crippen LogP contribution in [0.25, 0.3) is 0 Å². The topological polar surface area (TPSA) is 78.9 Å². The van der Waals surface area contributed by atoms with Crippen molar-refractivity contribution in [3.63, 3.8) is 0 Å². The van der Waals surface area contributed by atoms with Crippen molar-refractivity contribution in [1.29, 1.82) is 0 Å². The van der Waals surface area contributed by atoms with Gasteiger partial charge in [0.15, 0.2) is 6.10 Å². The lowest BCUT2D eigenvalue weighted by Crippen LogP contribution is -2.51. The normalized spacial score (nSPS) is 34.3. The summed E-state index contributed by atoms with van der Waals surface area (Å²) < 4.78 is 65.0. The van der Waals surface area contributed by atoms with Crippen molar-refractivity contribution >= 4 is 38.8 Å². The molecule has 0 radical (unpaired) electrons. The van der Waals surface area contributed by atoms with Gasteiger partial charge in [-0.2, -0.15) is 13.2 Å². The van der Waals surface area contributed by atoms with Crippen molar-refractivity contribution in [2.45, 2.75) is 88.2 Å². The van der Waals surface area contributed by atoms with Gasteiger partial charge in [-0.05, 0) is 123 Å². The Hall–Kier alpha value is -2.43. The number of anilines is 1. The third-order valence-corrected chi connectivity index (χ3v) is 13.8. The zero-order valence-electron chi connectivity index (χ0n) is 26.5. The molecule has 1 amide bonds. The van der Waals surface area contributed by atoms with E-state index in [1.165, 1.54) is 5.56 Å². The lowest BCUT2D eigenvalue weighted by atomic mass is 9.63. The van der Waals surface area contributed by atoms with Gasteiger partial charge in [-0.1, -0.05) is 31.0 Å². The number of aliphatic hydroxyl groups is 1. The second-order valence-corrected chi connectivity index (χ2v) is 17.0. The zero-order chi connectivity index (χ0) is 33.0. The lowest BCUT2D eigenvalue weighted by Gasteiger charge is -2.48. The fraction of sp³-hybridized carbons (Fsp3) is 0.600. The van der Waals surface area contributed by atoms with E-state index in [4.69, 9.17) is 16.3 Å². The summed E-state index contributed by atoms with van der Waals surface area (Å²) in [7, 11) is -3.08. The van der Waals surface area contributed by atoms with Gasteiger partial charge in [-0.15, -0.1) is 0 Å². The van der Waals surface area contributed by atoms with Crippen molar-refractivity contribution in [3.8, 4) is 5.75 Å². The van der Waals surface area contributed by atoms with Crippen LogP contribution in [0.15, 0.2) is 36.4 Å². The maximum absolute atomic E-state index is 14.1. The van der Waals surface area contributed by atoms with Crippen LogP contribution in [0.2, 0.25) is 5.02 Å². The molecule has 4 aliphatic rings. The van der Waals surface area contributed by atoms with Crippen LogP contribution in [0.5, 0.6) is 5.75 Å². The van der Waals surface area contributed by atoms with Gasteiger partial charge in [-0.25, -0.2) is 4.21 Å². The van der Waals surface area contributed by atoms with Crippen molar-refractivity contribution in [2.75, 3.05) is 24.6 Å². The highest BCUT2D eigenvalue weighted by Gasteiger charge is 2.51. The molecule has 0 aromatic heterocycles. The quantitative estimate of drug-likeness (QED) is 0.319. The summed E-state index contributed by atoms with van der Waals surface area (Å²) in [5, 5.41) is 10.8. The molecule has 46 heavy (non-hydrogen) atoms. The number of benzene rings is 2. The minimum Gasteiger partial charge on any atom is -0.490 e. The van der Waals surface area contributed by atoms with Gasteiger partial charge in [0.05, 0.1) is 22.0 Å². The molecule has 6 nitrogen and oxygen atoms in total. The van der Waals surface area contributed by atoms with Crippen LogP contribution in [0.1, 0.15) is 80.3 Å². The summed E-state index contributed by atoms with van der Waals surface area (Å²) in [6.45, 7) is 5.07. The maximum Gasteiger partial charge on any atom is 0.414 e. The van der Waals surface area contributed by atoms with E-state index in [-0.39, 0.29) is 24.2 Å². The Morgan fingerprint density at radius 3 is 2.63 bits per heavy atom. The molecule has 1 unspecified atom stereocenters. The van der Waals surface area contributed by atoms with E-state index >= 15 is 0 Å². The van der Waals surface area contributed by atoms with E-state index < -0.39 is 44.5 Å². The van der Waals surface area contributed by atoms with Gasteiger partial charge in [0, 0.05) is 34.3 Å². The molecular weight excluding hydrogens is 637 g/mol. The Kier molecular flexibility index (Phi) is 9.13. The van der Waals surface area contributed by atoms with Gasteiger partial charge in [0.1, 0.15) is 5.75 Å². The molecule has 8 atom stereocenters. The minimum absolute atomic E-state index is 0.0707. The monoisotopic (exact) mass is 680 g/mol. The average molecular weight is 681 g/mol. The molecule has 2 heterocycles. The highest BCUT2D eigenvalue weighted by atomic mass is 35.5. The average Bonchev–Trinajstić information content (AvgIpc) is 3.13. The third kappa shape index (κ3) is 6.38. The molecule has 1 fully saturated rings. The first kappa shape index (κ1) is 33.5. The van der Waals surface area contributed by atoms with Gasteiger partial charge in [0.25, 0.3) is 5.91 Å². The molecular formula is C35H44ClF3N2O4S. The molecule has 1 saturated carbocycles. The first-order valence-corrected chi connectivity index (χ1v) is 18.6. The Balaban J connectivity index is 1.43. The minimum atomic E-state index is -4.72. The van der Waals surface area contributed by atoms with E-state index in [1.807, 2.05) is 19.1 Å². The van der Waals surface area contributed by atoms with E-state index in [1.54, 1.807) is 25.1 Å². The number of aryl methyl sites for hydroxylation is 1. The second-order valence-electron chi connectivity index (χ2n) is 14.2. The Bertz CT molecular complexity index is 1580. The van der Waals surface area contributed by atoms with Gasteiger partial charge in [-0.3, -0.25) is 9.52 Å². The zero-order valence-corrected chi connectivity index (χ0v) is 28.0. The molecule has 11 heteroatoms. The number of aliphatic hydroxyl groups excluding tert-OH is 1. The molecule has 2 aliphatic carbocycles. The van der Waals surface area contributed by atoms with E-state index in [2.05, 4.69) is 21.6 Å². The standard InChI is InChI=1S/C35H44ClF3N2O4S/c1-21-6-4-8-28(32(42)35(37,38)39)27-12-9-25(27)18-41-19-34(15-5-7-23-16-26(36)11-13-29(23)34)20-45-31-14-10-24(17-30(31)41)33(43)40-46(3,44)22(21)2/h10-11,13-14,16-17,21-22,25,27-28,32,42H,3-9,12,15,18-20H2,1-2H3,(H,40,43,44)/t21-,22+,25-,27+,28+,32+,34-,46?/m0/s1. The number of rotatable bonds is 1. The van der Waals surface area contributed by atoms with E-state index in [0.29, 0.717) is 61.0 Å². The second kappa shape index (κ2) is 12.5. The summed E-state index contributed by atoms with van der Waals surface area (Å²) in [5.41, 5.74) is 2.95. The van der Waals surface area contributed by atoms with Gasteiger partial charge < -0.3 is 14.7 Å². The number of fused-ring (bicyclic) bond motifs is 4. The molecule has 252 valence electrons. The fourth-order valence-corrected chi connectivity index (χ4v) is 10.1. The smallest absolute Gasteiger partial charge is 0.414 e. The SMILES string of the molecule is C=S1(=O)NC(=O)c2ccc3c(c2)N(C[C@@H]2CC[C@H]2[C@H]([C@@H](O)C(F)(F)F)CCC[C@H](C)[C@H]1C)C[C@@]1(CCCc2cc(Cl)ccc21)CO3. The summed E-state index contributed by atoms with van der Waals surface area (Å²) >= 11 is 6.38. The van der Waals surface area contributed by atoms with Crippen molar-refractivity contribution < 1.29 is 32.0 Å². The number of carbonyl (C=O) groups is 1. The molecule has 6 rings (SSSR count).